The van der Waals surface area contributed by atoms with Crippen molar-refractivity contribution < 1.29 is 9.90 Å². The van der Waals surface area contributed by atoms with Crippen LogP contribution in [0.4, 0.5) is 10.5 Å². The molecule has 0 saturated heterocycles. The van der Waals surface area contributed by atoms with E-state index in [0.717, 1.165) is 5.56 Å². The summed E-state index contributed by atoms with van der Waals surface area (Å²) in [7, 11) is 0. The van der Waals surface area contributed by atoms with Gasteiger partial charge < -0.3 is 15.7 Å². The lowest BCUT2D eigenvalue weighted by molar-refractivity contribution is 0.251. The van der Waals surface area contributed by atoms with Gasteiger partial charge in [-0.3, -0.25) is 0 Å². The van der Waals surface area contributed by atoms with Gasteiger partial charge in [-0.1, -0.05) is 41.4 Å². The summed E-state index contributed by atoms with van der Waals surface area (Å²) in [5.74, 6) is -0.0279. The highest BCUT2D eigenvalue weighted by Gasteiger charge is 2.06. The second-order valence-corrected chi connectivity index (χ2v) is 4.89. The average molecular weight is 291 g/mol. The zero-order valence-corrected chi connectivity index (χ0v) is 11.7. The molecule has 0 heterocycles. The maximum atomic E-state index is 11.7. The van der Waals surface area contributed by atoms with Gasteiger partial charge in [-0.2, -0.15) is 0 Å². The lowest BCUT2D eigenvalue weighted by Crippen LogP contribution is -2.28. The van der Waals surface area contributed by atoms with E-state index in [9.17, 15) is 9.90 Å². The molecule has 0 unspecified atom stereocenters. The van der Waals surface area contributed by atoms with E-state index in [2.05, 4.69) is 10.6 Å². The van der Waals surface area contributed by atoms with E-state index in [1.54, 1.807) is 6.07 Å². The van der Waals surface area contributed by atoms with Crippen molar-refractivity contribution in [2.75, 3.05) is 5.32 Å². The molecular formula is C15H15ClN2O2. The van der Waals surface area contributed by atoms with Gasteiger partial charge in [0.1, 0.15) is 5.75 Å². The van der Waals surface area contributed by atoms with Gasteiger partial charge >= 0.3 is 6.03 Å². The van der Waals surface area contributed by atoms with Crippen LogP contribution in [0.25, 0.3) is 0 Å². The quantitative estimate of drug-likeness (QED) is 0.755. The number of carbonyl (C=O) groups excluding carboxylic acids is 1. The number of amides is 2. The Morgan fingerprint density at radius 1 is 1.20 bits per heavy atom. The highest BCUT2D eigenvalue weighted by molar-refractivity contribution is 6.31. The van der Waals surface area contributed by atoms with Crippen molar-refractivity contribution in [3.8, 4) is 5.75 Å². The Labute approximate surface area is 122 Å². The normalized spacial score (nSPS) is 10.1. The van der Waals surface area contributed by atoms with E-state index >= 15 is 0 Å². The minimum atomic E-state index is -0.400. The molecule has 0 bridgehead atoms. The van der Waals surface area contributed by atoms with Crippen molar-refractivity contribution in [2.45, 2.75) is 13.5 Å². The number of hydrogen-bond donors (Lipinski definition) is 3. The molecule has 5 heteroatoms. The molecule has 0 atom stereocenters. The summed E-state index contributed by atoms with van der Waals surface area (Å²) in [6, 6.07) is 11.9. The number of aromatic hydroxyl groups is 1. The number of hydrogen-bond acceptors (Lipinski definition) is 2. The molecular weight excluding hydrogens is 276 g/mol. The molecule has 2 rings (SSSR count). The van der Waals surface area contributed by atoms with Crippen LogP contribution in [0.5, 0.6) is 5.75 Å². The molecule has 0 fully saturated rings. The van der Waals surface area contributed by atoms with Gasteiger partial charge in [0, 0.05) is 11.6 Å². The Morgan fingerprint density at radius 3 is 2.60 bits per heavy atom. The van der Waals surface area contributed by atoms with Crippen LogP contribution in [-0.2, 0) is 6.54 Å². The van der Waals surface area contributed by atoms with E-state index in [-0.39, 0.29) is 11.4 Å². The number of nitrogens with one attached hydrogen (secondary N) is 2. The fraction of sp³-hybridized carbons (Fsp3) is 0.133. The molecule has 3 N–H and O–H groups in total. The van der Waals surface area contributed by atoms with E-state index in [1.165, 1.54) is 17.7 Å². The highest BCUT2D eigenvalue weighted by Crippen LogP contribution is 2.26. The van der Waals surface area contributed by atoms with Crippen LogP contribution < -0.4 is 10.6 Å². The molecule has 0 aliphatic heterocycles. The summed E-state index contributed by atoms with van der Waals surface area (Å²) >= 11 is 5.81. The maximum absolute atomic E-state index is 11.7. The van der Waals surface area contributed by atoms with E-state index in [4.69, 9.17) is 11.6 Å². The van der Waals surface area contributed by atoms with Gasteiger partial charge in [0.2, 0.25) is 0 Å². The summed E-state index contributed by atoms with van der Waals surface area (Å²) in [4.78, 5) is 11.7. The summed E-state index contributed by atoms with van der Waals surface area (Å²) in [6.45, 7) is 2.42. The van der Waals surface area contributed by atoms with E-state index in [0.29, 0.717) is 11.6 Å². The summed E-state index contributed by atoms with van der Waals surface area (Å²) in [5, 5.41) is 15.3. The third-order valence-electron chi connectivity index (χ3n) is 2.78. The first kappa shape index (κ1) is 14.2. The van der Waals surface area contributed by atoms with Crippen LogP contribution in [0.1, 0.15) is 11.1 Å². The Balaban J connectivity index is 1.92. The summed E-state index contributed by atoms with van der Waals surface area (Å²) < 4.78 is 0. The lowest BCUT2D eigenvalue weighted by atomic mass is 10.1. The Hall–Kier alpha value is -2.20. The molecule has 0 aromatic heterocycles. The van der Waals surface area contributed by atoms with E-state index in [1.807, 2.05) is 31.2 Å². The molecule has 2 aromatic carbocycles. The zero-order valence-electron chi connectivity index (χ0n) is 11.0. The van der Waals surface area contributed by atoms with E-state index < -0.39 is 6.03 Å². The molecule has 4 nitrogen and oxygen atoms in total. The van der Waals surface area contributed by atoms with Gasteiger partial charge in [0.15, 0.2) is 0 Å². The number of rotatable bonds is 3. The van der Waals surface area contributed by atoms with Crippen molar-refractivity contribution in [2.24, 2.45) is 0 Å². The largest absolute Gasteiger partial charge is 0.506 e. The van der Waals surface area contributed by atoms with Crippen molar-refractivity contribution >= 4 is 23.3 Å². The number of halogens is 1. The first-order chi connectivity index (χ1) is 9.54. The third-order valence-corrected chi connectivity index (χ3v) is 3.02. The number of benzene rings is 2. The van der Waals surface area contributed by atoms with Crippen LogP contribution in [0.15, 0.2) is 42.5 Å². The first-order valence-corrected chi connectivity index (χ1v) is 6.51. The van der Waals surface area contributed by atoms with Crippen LogP contribution in [0, 0.1) is 6.92 Å². The smallest absolute Gasteiger partial charge is 0.319 e. The second kappa shape index (κ2) is 6.30. The van der Waals surface area contributed by atoms with Gasteiger partial charge in [0.25, 0.3) is 0 Å². The molecule has 0 radical (unpaired) electrons. The minimum absolute atomic E-state index is 0.0279. The monoisotopic (exact) mass is 290 g/mol. The molecule has 104 valence electrons. The maximum Gasteiger partial charge on any atom is 0.319 e. The van der Waals surface area contributed by atoms with Crippen LogP contribution >= 0.6 is 11.6 Å². The Kier molecular flexibility index (Phi) is 4.48. The summed E-state index contributed by atoms with van der Waals surface area (Å²) in [6.07, 6.45) is 0. The lowest BCUT2D eigenvalue weighted by Gasteiger charge is -2.09. The molecule has 0 aliphatic carbocycles. The number of anilines is 1. The topological polar surface area (TPSA) is 61.4 Å². The molecule has 2 aromatic rings. The van der Waals surface area contributed by atoms with Crippen molar-refractivity contribution in [3.05, 3.63) is 58.6 Å². The Morgan fingerprint density at radius 2 is 1.90 bits per heavy atom. The molecule has 0 aliphatic rings. The SMILES string of the molecule is Cc1ccc(CNC(=O)Nc2cc(Cl)ccc2O)cc1. The van der Waals surface area contributed by atoms with Gasteiger partial charge in [-0.25, -0.2) is 4.79 Å². The van der Waals surface area contributed by atoms with Gasteiger partial charge in [-0.15, -0.1) is 0 Å². The standard InChI is InChI=1S/C15H15ClN2O2/c1-10-2-4-11(5-3-10)9-17-15(20)18-13-8-12(16)6-7-14(13)19/h2-8,19H,9H2,1H3,(H2,17,18,20). The number of phenolic OH excluding ortho intramolecular Hbond substituents is 1. The predicted octanol–water partition coefficient (Wildman–Crippen LogP) is 3.68. The number of aryl methyl sites for hydroxylation is 1. The number of phenols is 1. The first-order valence-electron chi connectivity index (χ1n) is 6.13. The highest BCUT2D eigenvalue weighted by atomic mass is 35.5. The zero-order chi connectivity index (χ0) is 14.5. The average Bonchev–Trinajstić information content (AvgIpc) is 2.42. The fourth-order valence-corrected chi connectivity index (χ4v) is 1.84. The second-order valence-electron chi connectivity index (χ2n) is 4.45. The summed E-state index contributed by atoms with van der Waals surface area (Å²) in [5.41, 5.74) is 2.45. The van der Waals surface area contributed by atoms with Gasteiger partial charge in [0.05, 0.1) is 5.69 Å². The fourth-order valence-electron chi connectivity index (χ4n) is 1.66. The van der Waals surface area contributed by atoms with Crippen molar-refractivity contribution in [1.29, 1.82) is 0 Å². The van der Waals surface area contributed by atoms with Crippen molar-refractivity contribution in [3.63, 3.8) is 0 Å². The van der Waals surface area contributed by atoms with Crippen LogP contribution in [0.3, 0.4) is 0 Å². The van der Waals surface area contributed by atoms with Gasteiger partial charge in [-0.05, 0) is 30.7 Å². The van der Waals surface area contributed by atoms with Crippen LogP contribution in [0.2, 0.25) is 5.02 Å². The van der Waals surface area contributed by atoms with Crippen molar-refractivity contribution in [1.82, 2.24) is 5.32 Å². The number of urea groups is 1. The Bertz CT molecular complexity index is 612. The predicted molar refractivity (Wildman–Crippen MR) is 80.2 cm³/mol. The molecule has 20 heavy (non-hydrogen) atoms. The molecule has 0 spiro atoms. The number of carbonyl (C=O) groups is 1. The third kappa shape index (κ3) is 3.90. The molecule has 0 saturated carbocycles. The van der Waals surface area contributed by atoms with Crippen LogP contribution in [-0.4, -0.2) is 11.1 Å². The minimum Gasteiger partial charge on any atom is -0.506 e. The molecule has 2 amide bonds.